The second-order valence-electron chi connectivity index (χ2n) is 6.08. The van der Waals surface area contributed by atoms with Crippen LogP contribution in [0.25, 0.3) is 0 Å². The highest BCUT2D eigenvalue weighted by atomic mass is 79.9. The summed E-state index contributed by atoms with van der Waals surface area (Å²) in [6.45, 7) is 3.12. The van der Waals surface area contributed by atoms with E-state index in [1.54, 1.807) is 12.1 Å². The Labute approximate surface area is 123 Å². The molecule has 3 heteroatoms. The third-order valence-corrected chi connectivity index (χ3v) is 5.15. The van der Waals surface area contributed by atoms with E-state index in [2.05, 4.69) is 28.2 Å². The van der Waals surface area contributed by atoms with Crippen molar-refractivity contribution < 1.29 is 4.39 Å². The van der Waals surface area contributed by atoms with Gasteiger partial charge in [-0.05, 0) is 68.2 Å². The first kappa shape index (κ1) is 13.6. The van der Waals surface area contributed by atoms with Gasteiger partial charge in [-0.2, -0.15) is 0 Å². The molecule has 1 aromatic carbocycles. The molecule has 0 spiro atoms. The molecule has 1 aromatic rings. The Balaban J connectivity index is 1.82. The maximum atomic E-state index is 14.1. The van der Waals surface area contributed by atoms with E-state index in [-0.39, 0.29) is 11.9 Å². The average Bonchev–Trinajstić information content (AvgIpc) is 3.01. The smallest absolute Gasteiger partial charge is 0.128 e. The van der Waals surface area contributed by atoms with Gasteiger partial charge in [0.1, 0.15) is 5.82 Å². The van der Waals surface area contributed by atoms with E-state index in [4.69, 9.17) is 0 Å². The summed E-state index contributed by atoms with van der Waals surface area (Å²) in [4.78, 5) is 0. The summed E-state index contributed by atoms with van der Waals surface area (Å²) in [7, 11) is 0. The zero-order chi connectivity index (χ0) is 13.4. The molecule has 1 N–H and O–H groups in total. The van der Waals surface area contributed by atoms with Crippen molar-refractivity contribution in [3.8, 4) is 0 Å². The Kier molecular flexibility index (Phi) is 3.95. The molecule has 0 radical (unpaired) electrons. The van der Waals surface area contributed by atoms with Crippen molar-refractivity contribution in [2.24, 2.45) is 17.8 Å². The fourth-order valence-electron chi connectivity index (χ4n) is 3.62. The molecule has 1 nitrogen and oxygen atoms in total. The number of halogens is 2. The van der Waals surface area contributed by atoms with Crippen molar-refractivity contribution in [2.75, 3.05) is 6.54 Å². The second-order valence-corrected chi connectivity index (χ2v) is 7.00. The maximum Gasteiger partial charge on any atom is 0.128 e. The maximum absolute atomic E-state index is 14.1. The van der Waals surface area contributed by atoms with Crippen LogP contribution in [0.1, 0.15) is 44.2 Å². The third-order valence-electron chi connectivity index (χ3n) is 4.66. The molecular weight excluding hydrogens is 305 g/mol. The molecule has 3 atom stereocenters. The van der Waals surface area contributed by atoms with Crippen LogP contribution >= 0.6 is 15.9 Å². The summed E-state index contributed by atoms with van der Waals surface area (Å²) in [5, 5.41) is 3.58. The van der Waals surface area contributed by atoms with Crippen LogP contribution in [0.3, 0.4) is 0 Å². The molecule has 104 valence electrons. The van der Waals surface area contributed by atoms with Gasteiger partial charge in [0, 0.05) is 16.1 Å². The minimum atomic E-state index is -0.0719. The number of rotatable bonds is 5. The molecule has 2 aliphatic rings. The van der Waals surface area contributed by atoms with Gasteiger partial charge in [-0.25, -0.2) is 4.39 Å². The lowest BCUT2D eigenvalue weighted by molar-refractivity contribution is 0.333. The third kappa shape index (κ3) is 2.87. The van der Waals surface area contributed by atoms with Gasteiger partial charge in [0.2, 0.25) is 0 Å². The summed E-state index contributed by atoms with van der Waals surface area (Å²) in [6, 6.07) is 5.50. The Morgan fingerprint density at radius 2 is 2.05 bits per heavy atom. The minimum absolute atomic E-state index is 0.0719. The number of fused-ring (bicyclic) bond motifs is 1. The first-order valence-corrected chi connectivity index (χ1v) is 8.16. The average molecular weight is 326 g/mol. The largest absolute Gasteiger partial charge is 0.310 e. The van der Waals surface area contributed by atoms with E-state index >= 15 is 0 Å². The van der Waals surface area contributed by atoms with E-state index in [1.165, 1.54) is 19.3 Å². The first-order valence-electron chi connectivity index (χ1n) is 7.37. The highest BCUT2D eigenvalue weighted by Gasteiger charge is 2.48. The normalized spacial score (nSPS) is 30.2. The number of benzene rings is 1. The van der Waals surface area contributed by atoms with E-state index in [0.717, 1.165) is 34.8 Å². The predicted molar refractivity (Wildman–Crippen MR) is 79.5 cm³/mol. The zero-order valence-electron chi connectivity index (χ0n) is 11.3. The molecular formula is C16H21BrFN. The van der Waals surface area contributed by atoms with Crippen LogP contribution in [0.5, 0.6) is 0 Å². The topological polar surface area (TPSA) is 12.0 Å². The van der Waals surface area contributed by atoms with Crippen LogP contribution in [0, 0.1) is 23.6 Å². The molecule has 0 bridgehead atoms. The lowest BCUT2D eigenvalue weighted by Gasteiger charge is -2.27. The van der Waals surface area contributed by atoms with Crippen LogP contribution in [-0.4, -0.2) is 6.54 Å². The van der Waals surface area contributed by atoms with E-state index in [9.17, 15) is 4.39 Å². The standard InChI is InChI=1S/C16H21BrFN/c1-2-5-19-16(12-7-10-6-11(10)8-12)14-9-13(17)3-4-15(14)18/h3-4,9-12,16,19H,2,5-8H2,1H3. The van der Waals surface area contributed by atoms with Crippen LogP contribution in [-0.2, 0) is 0 Å². The first-order chi connectivity index (χ1) is 9.19. The van der Waals surface area contributed by atoms with E-state index in [1.807, 2.05) is 6.07 Å². The molecule has 2 fully saturated rings. The van der Waals surface area contributed by atoms with Crippen molar-refractivity contribution in [1.29, 1.82) is 0 Å². The second kappa shape index (κ2) is 5.53. The molecule has 0 saturated heterocycles. The molecule has 3 rings (SSSR count). The monoisotopic (exact) mass is 325 g/mol. The molecule has 2 saturated carbocycles. The highest BCUT2D eigenvalue weighted by Crippen LogP contribution is 2.57. The van der Waals surface area contributed by atoms with Gasteiger partial charge in [-0.15, -0.1) is 0 Å². The van der Waals surface area contributed by atoms with Gasteiger partial charge in [0.25, 0.3) is 0 Å². The fourth-order valence-corrected chi connectivity index (χ4v) is 4.00. The number of hydrogen-bond donors (Lipinski definition) is 1. The van der Waals surface area contributed by atoms with Gasteiger partial charge in [0.05, 0.1) is 0 Å². The summed E-state index contributed by atoms with van der Waals surface area (Å²) in [5.41, 5.74) is 0.842. The Morgan fingerprint density at radius 3 is 2.74 bits per heavy atom. The van der Waals surface area contributed by atoms with Crippen LogP contribution < -0.4 is 5.32 Å². The number of nitrogens with one attached hydrogen (secondary N) is 1. The minimum Gasteiger partial charge on any atom is -0.310 e. The lowest BCUT2D eigenvalue weighted by atomic mass is 9.88. The van der Waals surface area contributed by atoms with Crippen LogP contribution in [0.4, 0.5) is 4.39 Å². The molecule has 19 heavy (non-hydrogen) atoms. The van der Waals surface area contributed by atoms with E-state index in [0.29, 0.717) is 5.92 Å². The van der Waals surface area contributed by atoms with Crippen LogP contribution in [0.15, 0.2) is 22.7 Å². The summed E-state index contributed by atoms with van der Waals surface area (Å²) < 4.78 is 15.1. The van der Waals surface area contributed by atoms with Crippen molar-refractivity contribution in [1.82, 2.24) is 5.32 Å². The SMILES string of the molecule is CCCNC(c1cc(Br)ccc1F)C1CC2CC2C1. The molecule has 0 aliphatic heterocycles. The molecule has 3 unspecified atom stereocenters. The fraction of sp³-hybridized carbons (Fsp3) is 0.625. The van der Waals surface area contributed by atoms with Gasteiger partial charge in [-0.1, -0.05) is 22.9 Å². The number of hydrogen-bond acceptors (Lipinski definition) is 1. The molecule has 2 aliphatic carbocycles. The molecule has 0 aromatic heterocycles. The van der Waals surface area contributed by atoms with Gasteiger partial charge < -0.3 is 5.32 Å². The summed E-state index contributed by atoms with van der Waals surface area (Å²) >= 11 is 3.47. The quantitative estimate of drug-likeness (QED) is 0.829. The van der Waals surface area contributed by atoms with Crippen molar-refractivity contribution in [3.05, 3.63) is 34.1 Å². The zero-order valence-corrected chi connectivity index (χ0v) is 12.9. The Bertz CT molecular complexity index is 452. The lowest BCUT2D eigenvalue weighted by Crippen LogP contribution is -2.29. The van der Waals surface area contributed by atoms with Crippen molar-refractivity contribution in [3.63, 3.8) is 0 Å². The highest BCUT2D eigenvalue weighted by molar-refractivity contribution is 9.10. The predicted octanol–water partition coefficient (Wildman–Crippen LogP) is 4.68. The summed E-state index contributed by atoms with van der Waals surface area (Å²) in [5.74, 6) is 2.41. The van der Waals surface area contributed by atoms with Crippen LogP contribution in [0.2, 0.25) is 0 Å². The van der Waals surface area contributed by atoms with Gasteiger partial charge >= 0.3 is 0 Å². The molecule has 0 amide bonds. The Hall–Kier alpha value is -0.410. The summed E-state index contributed by atoms with van der Waals surface area (Å²) in [6.07, 6.45) is 5.06. The Morgan fingerprint density at radius 1 is 1.32 bits per heavy atom. The van der Waals surface area contributed by atoms with Crippen molar-refractivity contribution in [2.45, 2.75) is 38.6 Å². The van der Waals surface area contributed by atoms with Gasteiger partial charge in [0.15, 0.2) is 0 Å². The van der Waals surface area contributed by atoms with Gasteiger partial charge in [-0.3, -0.25) is 0 Å². The van der Waals surface area contributed by atoms with E-state index < -0.39 is 0 Å². The molecule has 0 heterocycles. The van der Waals surface area contributed by atoms with Crippen molar-refractivity contribution >= 4 is 15.9 Å².